The average Bonchev–Trinajstić information content (AvgIpc) is 1.94. The third kappa shape index (κ3) is 10.2. The third-order valence-corrected chi connectivity index (χ3v) is 2.12. The monoisotopic (exact) mass is 216 g/mol. The highest BCUT2D eigenvalue weighted by atomic mass is 16.5. The van der Waals surface area contributed by atoms with E-state index in [0.29, 0.717) is 6.61 Å². The minimum atomic E-state index is 0.116. The van der Waals surface area contributed by atoms with Crippen molar-refractivity contribution in [1.82, 2.24) is 0 Å². The Labute approximate surface area is 95.0 Å². The Morgan fingerprint density at radius 2 is 1.33 bits per heavy atom. The number of aliphatic hydroxyl groups excluding tert-OH is 1. The van der Waals surface area contributed by atoms with Crippen molar-refractivity contribution in [3.63, 3.8) is 0 Å². The highest BCUT2D eigenvalue weighted by Crippen LogP contribution is 2.30. The molecule has 0 radical (unpaired) electrons. The molecule has 0 unspecified atom stereocenters. The number of aliphatic hydroxyl groups is 1. The van der Waals surface area contributed by atoms with E-state index in [4.69, 9.17) is 9.84 Å². The van der Waals surface area contributed by atoms with Crippen LogP contribution in [0.5, 0.6) is 0 Å². The maximum Gasteiger partial charge on any atom is 0.0701 e. The van der Waals surface area contributed by atoms with E-state index in [9.17, 15) is 0 Å². The Bertz CT molecular complexity index is 146. The number of hydrogen-bond donors (Lipinski definition) is 1. The van der Waals surface area contributed by atoms with E-state index in [1.54, 1.807) is 0 Å². The molecule has 0 aromatic carbocycles. The van der Waals surface area contributed by atoms with Crippen molar-refractivity contribution < 1.29 is 9.84 Å². The standard InChI is InChI=1S/C13H28O2/c1-12(2,3)9-11(15-8-7-14)10-13(4,5)6/h11,14H,7-10H2,1-6H3. The van der Waals surface area contributed by atoms with Gasteiger partial charge in [-0.15, -0.1) is 0 Å². The average molecular weight is 216 g/mol. The van der Waals surface area contributed by atoms with Crippen molar-refractivity contribution in [3.05, 3.63) is 0 Å². The lowest BCUT2D eigenvalue weighted by Gasteiger charge is -2.31. The molecule has 15 heavy (non-hydrogen) atoms. The summed E-state index contributed by atoms with van der Waals surface area (Å²) in [6, 6.07) is 0. The second kappa shape index (κ2) is 5.86. The molecule has 0 bridgehead atoms. The SMILES string of the molecule is CC(C)(C)CC(CC(C)(C)C)OCCO. The lowest BCUT2D eigenvalue weighted by molar-refractivity contribution is -0.0138. The first-order valence-corrected chi connectivity index (χ1v) is 5.86. The van der Waals surface area contributed by atoms with Gasteiger partial charge in [-0.1, -0.05) is 41.5 Å². The summed E-state index contributed by atoms with van der Waals surface area (Å²) in [5.74, 6) is 0. The summed E-state index contributed by atoms with van der Waals surface area (Å²) in [6.45, 7) is 13.9. The van der Waals surface area contributed by atoms with E-state index < -0.39 is 0 Å². The molecule has 0 saturated heterocycles. The Morgan fingerprint density at radius 3 is 1.60 bits per heavy atom. The molecule has 0 fully saturated rings. The fourth-order valence-corrected chi connectivity index (χ4v) is 1.78. The summed E-state index contributed by atoms with van der Waals surface area (Å²) in [7, 11) is 0. The van der Waals surface area contributed by atoms with Crippen LogP contribution < -0.4 is 0 Å². The van der Waals surface area contributed by atoms with Gasteiger partial charge in [0.2, 0.25) is 0 Å². The maximum absolute atomic E-state index is 8.79. The number of hydrogen-bond acceptors (Lipinski definition) is 2. The van der Waals surface area contributed by atoms with Gasteiger partial charge in [0.25, 0.3) is 0 Å². The summed E-state index contributed by atoms with van der Waals surface area (Å²) in [6.07, 6.45) is 2.35. The smallest absolute Gasteiger partial charge is 0.0701 e. The molecule has 0 heterocycles. The van der Waals surface area contributed by atoms with Crippen LogP contribution in [-0.4, -0.2) is 24.4 Å². The zero-order valence-corrected chi connectivity index (χ0v) is 11.3. The molecule has 0 aromatic rings. The van der Waals surface area contributed by atoms with E-state index in [0.717, 1.165) is 12.8 Å². The van der Waals surface area contributed by atoms with E-state index >= 15 is 0 Å². The van der Waals surface area contributed by atoms with Gasteiger partial charge < -0.3 is 9.84 Å². The summed E-state index contributed by atoms with van der Waals surface area (Å²) >= 11 is 0. The van der Waals surface area contributed by atoms with Crippen molar-refractivity contribution in [3.8, 4) is 0 Å². The molecule has 0 amide bonds. The Kier molecular flexibility index (Phi) is 5.82. The molecular formula is C13H28O2. The normalized spacial score (nSPS) is 13.6. The molecule has 2 nitrogen and oxygen atoms in total. The molecule has 0 aromatic heterocycles. The van der Waals surface area contributed by atoms with Gasteiger partial charge >= 0.3 is 0 Å². The second-order valence-electron chi connectivity index (χ2n) is 6.75. The molecule has 0 aliphatic heterocycles. The van der Waals surface area contributed by atoms with Gasteiger partial charge in [-0.25, -0.2) is 0 Å². The van der Waals surface area contributed by atoms with E-state index in [2.05, 4.69) is 41.5 Å². The highest BCUT2D eigenvalue weighted by Gasteiger charge is 2.24. The quantitative estimate of drug-likeness (QED) is 0.764. The molecule has 0 spiro atoms. The zero-order chi connectivity index (χ0) is 12.1. The molecule has 0 aliphatic rings. The van der Waals surface area contributed by atoms with Crippen LogP contribution >= 0.6 is 0 Å². The zero-order valence-electron chi connectivity index (χ0n) is 11.3. The fraction of sp³-hybridized carbons (Fsp3) is 1.00. The van der Waals surface area contributed by atoms with Crippen LogP contribution in [0.1, 0.15) is 54.4 Å². The van der Waals surface area contributed by atoms with Gasteiger partial charge in [0.1, 0.15) is 0 Å². The molecule has 0 atom stereocenters. The third-order valence-electron chi connectivity index (χ3n) is 2.12. The van der Waals surface area contributed by atoms with Gasteiger partial charge in [0, 0.05) is 0 Å². The largest absolute Gasteiger partial charge is 0.394 e. The predicted molar refractivity (Wildman–Crippen MR) is 65.0 cm³/mol. The Balaban J connectivity index is 4.19. The second-order valence-corrected chi connectivity index (χ2v) is 6.75. The van der Waals surface area contributed by atoms with Crippen molar-refractivity contribution in [2.45, 2.75) is 60.5 Å². The lowest BCUT2D eigenvalue weighted by Crippen LogP contribution is -2.27. The van der Waals surface area contributed by atoms with Crippen molar-refractivity contribution >= 4 is 0 Å². The molecule has 1 N–H and O–H groups in total. The first kappa shape index (κ1) is 14.9. The van der Waals surface area contributed by atoms with Gasteiger partial charge in [-0.05, 0) is 23.7 Å². The fourth-order valence-electron chi connectivity index (χ4n) is 1.78. The van der Waals surface area contributed by atoms with Crippen LogP contribution in [0, 0.1) is 10.8 Å². The van der Waals surface area contributed by atoms with Crippen molar-refractivity contribution in [1.29, 1.82) is 0 Å². The van der Waals surface area contributed by atoms with E-state index in [1.807, 2.05) is 0 Å². The van der Waals surface area contributed by atoms with Gasteiger partial charge in [0.15, 0.2) is 0 Å². The van der Waals surface area contributed by atoms with Crippen LogP contribution in [0.25, 0.3) is 0 Å². The maximum atomic E-state index is 8.79. The molecule has 0 aliphatic carbocycles. The lowest BCUT2D eigenvalue weighted by atomic mass is 9.82. The molecule has 92 valence electrons. The minimum Gasteiger partial charge on any atom is -0.394 e. The summed E-state index contributed by atoms with van der Waals surface area (Å²) in [5, 5.41) is 8.79. The molecule has 0 saturated carbocycles. The van der Waals surface area contributed by atoms with Gasteiger partial charge in [0.05, 0.1) is 19.3 Å². The predicted octanol–water partition coefficient (Wildman–Crippen LogP) is 3.24. The number of ether oxygens (including phenoxy) is 1. The minimum absolute atomic E-state index is 0.116. The first-order chi connectivity index (χ1) is 6.64. The van der Waals surface area contributed by atoms with Gasteiger partial charge in [-0.3, -0.25) is 0 Å². The Morgan fingerprint density at radius 1 is 0.933 bits per heavy atom. The van der Waals surface area contributed by atoms with Crippen LogP contribution in [0.2, 0.25) is 0 Å². The topological polar surface area (TPSA) is 29.5 Å². The van der Waals surface area contributed by atoms with Crippen molar-refractivity contribution in [2.24, 2.45) is 10.8 Å². The van der Waals surface area contributed by atoms with Crippen LogP contribution in [0.15, 0.2) is 0 Å². The number of rotatable bonds is 5. The first-order valence-electron chi connectivity index (χ1n) is 5.86. The molecule has 0 rings (SSSR count). The van der Waals surface area contributed by atoms with Gasteiger partial charge in [-0.2, -0.15) is 0 Å². The highest BCUT2D eigenvalue weighted by molar-refractivity contribution is 4.75. The van der Waals surface area contributed by atoms with Crippen LogP contribution in [-0.2, 0) is 4.74 Å². The van der Waals surface area contributed by atoms with E-state index in [1.165, 1.54) is 0 Å². The van der Waals surface area contributed by atoms with Crippen molar-refractivity contribution in [2.75, 3.05) is 13.2 Å². The molecular weight excluding hydrogens is 188 g/mol. The summed E-state index contributed by atoms with van der Waals surface area (Å²) < 4.78 is 5.69. The van der Waals surface area contributed by atoms with Crippen LogP contribution in [0.3, 0.4) is 0 Å². The molecule has 2 heteroatoms. The summed E-state index contributed by atoms with van der Waals surface area (Å²) in [4.78, 5) is 0. The van der Waals surface area contributed by atoms with E-state index in [-0.39, 0.29) is 23.5 Å². The van der Waals surface area contributed by atoms with Crippen LogP contribution in [0.4, 0.5) is 0 Å². The Hall–Kier alpha value is -0.0800. The summed E-state index contributed by atoms with van der Waals surface area (Å²) in [5.41, 5.74) is 0.566.